The van der Waals surface area contributed by atoms with Gasteiger partial charge in [-0.05, 0) is 40.2 Å². The van der Waals surface area contributed by atoms with Gasteiger partial charge in [0.05, 0.1) is 0 Å². The molecule has 0 radical (unpaired) electrons. The van der Waals surface area contributed by atoms with Gasteiger partial charge in [-0.1, -0.05) is 0 Å². The fraction of sp³-hybridized carbons (Fsp3) is 1.00. The van der Waals surface area contributed by atoms with E-state index in [1.165, 1.54) is 45.6 Å². The van der Waals surface area contributed by atoms with Crippen LogP contribution in [-0.4, -0.2) is 61.8 Å². The van der Waals surface area contributed by atoms with Gasteiger partial charge < -0.3 is 9.64 Å². The minimum atomic E-state index is 0.356. The lowest BCUT2D eigenvalue weighted by Crippen LogP contribution is -2.63. The van der Waals surface area contributed by atoms with Crippen molar-refractivity contribution >= 4 is 0 Å². The molecule has 2 aliphatic rings. The molecule has 2 aliphatic heterocycles. The van der Waals surface area contributed by atoms with Crippen molar-refractivity contribution in [3.8, 4) is 0 Å². The largest absolute Gasteiger partial charge is 0.385 e. The monoisotopic (exact) mass is 240 g/mol. The molecular formula is C14H28N2O. The first-order valence-corrected chi connectivity index (χ1v) is 6.92. The molecule has 0 bridgehead atoms. The predicted molar refractivity (Wildman–Crippen MR) is 71.3 cm³/mol. The molecule has 0 aromatic carbocycles. The number of hydrogen-bond donors (Lipinski definition) is 0. The van der Waals surface area contributed by atoms with Crippen LogP contribution >= 0.6 is 0 Å². The Bertz CT molecular complexity index is 253. The Labute approximate surface area is 106 Å². The zero-order valence-electron chi connectivity index (χ0n) is 12.0. The average Bonchev–Trinajstić information content (AvgIpc) is 2.59. The summed E-state index contributed by atoms with van der Waals surface area (Å²) in [7, 11) is 1.79. The minimum absolute atomic E-state index is 0.356. The standard InChI is InChI=1S/C14H28N2O/c1-13(2,3)16-11-14(12-16)6-8-15(10-14)7-5-9-17-4/h5-12H2,1-4H3. The molecule has 0 atom stereocenters. The van der Waals surface area contributed by atoms with Crippen molar-refractivity contribution in [2.75, 3.05) is 46.4 Å². The molecule has 3 nitrogen and oxygen atoms in total. The summed E-state index contributed by atoms with van der Waals surface area (Å²) in [6.07, 6.45) is 2.57. The Kier molecular flexibility index (Phi) is 3.81. The molecule has 100 valence electrons. The van der Waals surface area contributed by atoms with Crippen LogP contribution in [0, 0.1) is 5.41 Å². The molecule has 3 heteroatoms. The highest BCUT2D eigenvalue weighted by atomic mass is 16.5. The molecule has 0 amide bonds. The molecule has 2 rings (SSSR count). The van der Waals surface area contributed by atoms with Gasteiger partial charge in [-0.2, -0.15) is 0 Å². The first kappa shape index (κ1) is 13.3. The lowest BCUT2D eigenvalue weighted by molar-refractivity contribution is -0.0522. The van der Waals surface area contributed by atoms with Crippen LogP contribution in [0.5, 0.6) is 0 Å². The van der Waals surface area contributed by atoms with Crippen molar-refractivity contribution in [1.82, 2.24) is 9.80 Å². The van der Waals surface area contributed by atoms with Crippen LogP contribution in [0.1, 0.15) is 33.6 Å². The summed E-state index contributed by atoms with van der Waals surface area (Å²) < 4.78 is 5.12. The Morgan fingerprint density at radius 2 is 1.88 bits per heavy atom. The molecule has 2 fully saturated rings. The molecule has 1 spiro atoms. The van der Waals surface area contributed by atoms with Gasteiger partial charge in [-0.15, -0.1) is 0 Å². The van der Waals surface area contributed by atoms with E-state index in [-0.39, 0.29) is 0 Å². The molecule has 2 heterocycles. The zero-order chi connectivity index (χ0) is 12.5. The second kappa shape index (κ2) is 4.87. The predicted octanol–water partition coefficient (Wildman–Crippen LogP) is 1.83. The maximum Gasteiger partial charge on any atom is 0.0474 e. The van der Waals surface area contributed by atoms with Crippen LogP contribution < -0.4 is 0 Å². The van der Waals surface area contributed by atoms with Gasteiger partial charge in [0.2, 0.25) is 0 Å². The van der Waals surface area contributed by atoms with Gasteiger partial charge in [-0.3, -0.25) is 4.90 Å². The van der Waals surface area contributed by atoms with Crippen LogP contribution in [0.3, 0.4) is 0 Å². The molecule has 0 saturated carbocycles. The topological polar surface area (TPSA) is 15.7 Å². The van der Waals surface area contributed by atoms with Crippen LogP contribution in [-0.2, 0) is 4.74 Å². The number of rotatable bonds is 4. The van der Waals surface area contributed by atoms with Crippen molar-refractivity contribution in [1.29, 1.82) is 0 Å². The second-order valence-corrected chi connectivity index (χ2v) is 6.90. The molecular weight excluding hydrogens is 212 g/mol. The second-order valence-electron chi connectivity index (χ2n) is 6.90. The van der Waals surface area contributed by atoms with E-state index < -0.39 is 0 Å². The molecule has 0 aliphatic carbocycles. The van der Waals surface area contributed by atoms with Crippen molar-refractivity contribution in [2.24, 2.45) is 5.41 Å². The summed E-state index contributed by atoms with van der Waals surface area (Å²) in [5.74, 6) is 0. The summed E-state index contributed by atoms with van der Waals surface area (Å²) in [6.45, 7) is 14.3. The first-order valence-electron chi connectivity index (χ1n) is 6.92. The van der Waals surface area contributed by atoms with Crippen LogP contribution in [0.15, 0.2) is 0 Å². The number of hydrogen-bond acceptors (Lipinski definition) is 3. The molecule has 2 saturated heterocycles. The quantitative estimate of drug-likeness (QED) is 0.697. The van der Waals surface area contributed by atoms with E-state index in [0.717, 1.165) is 6.61 Å². The van der Waals surface area contributed by atoms with Gasteiger partial charge in [0.1, 0.15) is 0 Å². The third kappa shape index (κ3) is 3.01. The zero-order valence-corrected chi connectivity index (χ0v) is 12.0. The summed E-state index contributed by atoms with van der Waals surface area (Å²) >= 11 is 0. The van der Waals surface area contributed by atoms with E-state index in [2.05, 4.69) is 30.6 Å². The summed E-state index contributed by atoms with van der Waals surface area (Å²) in [5, 5.41) is 0. The van der Waals surface area contributed by atoms with Gasteiger partial charge in [-0.25, -0.2) is 0 Å². The summed E-state index contributed by atoms with van der Waals surface area (Å²) in [5.41, 5.74) is 0.981. The average molecular weight is 240 g/mol. The highest BCUT2D eigenvalue weighted by Crippen LogP contribution is 2.42. The normalized spacial score (nSPS) is 25.4. The third-order valence-electron chi connectivity index (χ3n) is 4.34. The SMILES string of the molecule is COCCCN1CCC2(C1)CN(C(C)(C)C)C2. The molecule has 0 aromatic heterocycles. The highest BCUT2D eigenvalue weighted by Gasteiger charge is 2.49. The fourth-order valence-corrected chi connectivity index (χ4v) is 3.15. The maximum absolute atomic E-state index is 5.12. The Morgan fingerprint density at radius 1 is 1.18 bits per heavy atom. The van der Waals surface area contributed by atoms with E-state index in [1.807, 2.05) is 0 Å². The number of nitrogens with zero attached hydrogens (tertiary/aromatic N) is 2. The number of ether oxygens (including phenoxy) is 1. The molecule has 0 unspecified atom stereocenters. The smallest absolute Gasteiger partial charge is 0.0474 e. The van der Waals surface area contributed by atoms with Crippen LogP contribution in [0.2, 0.25) is 0 Å². The molecule has 0 aromatic rings. The Morgan fingerprint density at radius 3 is 2.47 bits per heavy atom. The van der Waals surface area contributed by atoms with E-state index in [1.54, 1.807) is 7.11 Å². The summed E-state index contributed by atoms with van der Waals surface area (Å²) in [4.78, 5) is 5.24. The third-order valence-corrected chi connectivity index (χ3v) is 4.34. The Hall–Kier alpha value is -0.120. The van der Waals surface area contributed by atoms with Crippen LogP contribution in [0.25, 0.3) is 0 Å². The van der Waals surface area contributed by atoms with E-state index >= 15 is 0 Å². The van der Waals surface area contributed by atoms with E-state index in [4.69, 9.17) is 4.74 Å². The van der Waals surface area contributed by atoms with Crippen molar-refractivity contribution in [2.45, 2.75) is 39.2 Å². The molecule has 0 N–H and O–H groups in total. The lowest BCUT2D eigenvalue weighted by Gasteiger charge is -2.54. The van der Waals surface area contributed by atoms with Gasteiger partial charge in [0.15, 0.2) is 0 Å². The highest BCUT2D eigenvalue weighted by molar-refractivity contribution is 5.04. The summed E-state index contributed by atoms with van der Waals surface area (Å²) in [6, 6.07) is 0. The van der Waals surface area contributed by atoms with Crippen molar-refractivity contribution < 1.29 is 4.74 Å². The maximum atomic E-state index is 5.12. The van der Waals surface area contributed by atoms with Gasteiger partial charge in [0.25, 0.3) is 0 Å². The number of methoxy groups -OCH3 is 1. The van der Waals surface area contributed by atoms with Crippen molar-refractivity contribution in [3.63, 3.8) is 0 Å². The van der Waals surface area contributed by atoms with E-state index in [9.17, 15) is 0 Å². The van der Waals surface area contributed by atoms with Crippen molar-refractivity contribution in [3.05, 3.63) is 0 Å². The fourth-order valence-electron chi connectivity index (χ4n) is 3.15. The van der Waals surface area contributed by atoms with Gasteiger partial charge in [0, 0.05) is 50.8 Å². The van der Waals surface area contributed by atoms with E-state index in [0.29, 0.717) is 11.0 Å². The first-order chi connectivity index (χ1) is 7.95. The minimum Gasteiger partial charge on any atom is -0.385 e. The van der Waals surface area contributed by atoms with Crippen LogP contribution in [0.4, 0.5) is 0 Å². The number of likely N-dealkylation sites (tertiary alicyclic amines) is 2. The van der Waals surface area contributed by atoms with Gasteiger partial charge >= 0.3 is 0 Å². The molecule has 17 heavy (non-hydrogen) atoms. The Balaban J connectivity index is 1.72. The lowest BCUT2D eigenvalue weighted by atomic mass is 9.76.